The molecular weight excluding hydrogens is 302 g/mol. The third kappa shape index (κ3) is 3.27. The molecule has 24 heavy (non-hydrogen) atoms. The van der Waals surface area contributed by atoms with Gasteiger partial charge in [-0.15, -0.1) is 0 Å². The molecule has 0 atom stereocenters. The van der Waals surface area contributed by atoms with Crippen LogP contribution in [-0.4, -0.2) is 37.1 Å². The van der Waals surface area contributed by atoms with Crippen molar-refractivity contribution in [3.63, 3.8) is 0 Å². The predicted octanol–water partition coefficient (Wildman–Crippen LogP) is 2.32. The van der Waals surface area contributed by atoms with Gasteiger partial charge in [0, 0.05) is 31.6 Å². The minimum atomic E-state index is 0.171. The monoisotopic (exact) mass is 327 g/mol. The van der Waals surface area contributed by atoms with E-state index in [9.17, 15) is 4.79 Å². The standard InChI is InChI=1S/C18H25N5O/c1-12(2)9-15-13(3)21-23(14(15)4)8-6-18(24)22-7-5-16-17(10-22)20-11-19-16/h11H,1,5-10H2,2-4H3,(H,19,20). The third-order valence-corrected chi connectivity index (χ3v) is 4.68. The lowest BCUT2D eigenvalue weighted by Crippen LogP contribution is -2.36. The Hall–Kier alpha value is -2.37. The number of imidazole rings is 1. The van der Waals surface area contributed by atoms with Crippen molar-refractivity contribution < 1.29 is 4.79 Å². The molecule has 0 aliphatic carbocycles. The van der Waals surface area contributed by atoms with E-state index < -0.39 is 0 Å². The van der Waals surface area contributed by atoms with Gasteiger partial charge in [-0.25, -0.2) is 4.98 Å². The van der Waals surface area contributed by atoms with Crippen LogP contribution in [0, 0.1) is 13.8 Å². The van der Waals surface area contributed by atoms with Gasteiger partial charge in [0.05, 0.1) is 30.0 Å². The summed E-state index contributed by atoms with van der Waals surface area (Å²) < 4.78 is 1.96. The number of amides is 1. The summed E-state index contributed by atoms with van der Waals surface area (Å²) in [6.45, 7) is 12.1. The number of rotatable bonds is 5. The molecule has 0 bridgehead atoms. The highest BCUT2D eigenvalue weighted by Gasteiger charge is 2.22. The number of fused-ring (bicyclic) bond motifs is 1. The van der Waals surface area contributed by atoms with E-state index in [2.05, 4.69) is 28.6 Å². The SMILES string of the molecule is C=C(C)Cc1c(C)nn(CCC(=O)N2CCc3nc[nH]c3C2)c1C. The largest absolute Gasteiger partial charge is 0.347 e. The molecule has 2 aromatic heterocycles. The second-order valence-corrected chi connectivity index (χ2v) is 6.65. The van der Waals surface area contributed by atoms with E-state index in [4.69, 9.17) is 0 Å². The van der Waals surface area contributed by atoms with Gasteiger partial charge in [0.25, 0.3) is 0 Å². The number of aromatic amines is 1. The maximum atomic E-state index is 12.5. The quantitative estimate of drug-likeness (QED) is 0.857. The fourth-order valence-electron chi connectivity index (χ4n) is 3.29. The highest BCUT2D eigenvalue weighted by Crippen LogP contribution is 2.18. The fraction of sp³-hybridized carbons (Fsp3) is 0.500. The molecule has 6 nitrogen and oxygen atoms in total. The smallest absolute Gasteiger partial charge is 0.224 e. The number of aryl methyl sites for hydroxylation is 2. The molecule has 2 aromatic rings. The Morgan fingerprint density at radius 1 is 1.42 bits per heavy atom. The van der Waals surface area contributed by atoms with E-state index in [1.165, 1.54) is 5.56 Å². The lowest BCUT2D eigenvalue weighted by atomic mass is 10.1. The van der Waals surface area contributed by atoms with Crippen LogP contribution < -0.4 is 0 Å². The van der Waals surface area contributed by atoms with Crippen LogP contribution in [0.25, 0.3) is 0 Å². The lowest BCUT2D eigenvalue weighted by Gasteiger charge is -2.26. The third-order valence-electron chi connectivity index (χ3n) is 4.68. The topological polar surface area (TPSA) is 66.8 Å². The zero-order valence-corrected chi connectivity index (χ0v) is 14.7. The summed E-state index contributed by atoms with van der Waals surface area (Å²) in [6.07, 6.45) is 3.85. The first-order valence-corrected chi connectivity index (χ1v) is 8.42. The van der Waals surface area contributed by atoms with Gasteiger partial charge >= 0.3 is 0 Å². The van der Waals surface area contributed by atoms with Crippen LogP contribution in [0.5, 0.6) is 0 Å². The van der Waals surface area contributed by atoms with Gasteiger partial charge in [0.15, 0.2) is 0 Å². The van der Waals surface area contributed by atoms with E-state index in [0.29, 0.717) is 19.5 Å². The van der Waals surface area contributed by atoms with Gasteiger partial charge < -0.3 is 9.88 Å². The Bertz CT molecular complexity index is 770. The number of hydrogen-bond donors (Lipinski definition) is 1. The van der Waals surface area contributed by atoms with Crippen molar-refractivity contribution in [1.29, 1.82) is 0 Å². The second-order valence-electron chi connectivity index (χ2n) is 6.65. The molecule has 1 aliphatic rings. The van der Waals surface area contributed by atoms with Crippen molar-refractivity contribution in [2.24, 2.45) is 0 Å². The average Bonchev–Trinajstić information content (AvgIpc) is 3.11. The van der Waals surface area contributed by atoms with E-state index >= 15 is 0 Å². The Morgan fingerprint density at radius 2 is 2.21 bits per heavy atom. The predicted molar refractivity (Wildman–Crippen MR) is 92.5 cm³/mol. The van der Waals surface area contributed by atoms with Gasteiger partial charge in [0.2, 0.25) is 5.91 Å². The summed E-state index contributed by atoms with van der Waals surface area (Å²) in [6, 6.07) is 0. The maximum Gasteiger partial charge on any atom is 0.224 e. The first-order valence-electron chi connectivity index (χ1n) is 8.42. The van der Waals surface area contributed by atoms with E-state index in [0.717, 1.165) is 47.7 Å². The summed E-state index contributed by atoms with van der Waals surface area (Å²) in [5.41, 5.74) is 6.67. The summed E-state index contributed by atoms with van der Waals surface area (Å²) in [7, 11) is 0. The van der Waals surface area contributed by atoms with Crippen molar-refractivity contribution in [2.45, 2.75) is 53.1 Å². The summed E-state index contributed by atoms with van der Waals surface area (Å²) >= 11 is 0. The van der Waals surface area contributed by atoms with Crippen LogP contribution in [0.15, 0.2) is 18.5 Å². The van der Waals surface area contributed by atoms with Crippen LogP contribution in [-0.2, 0) is 30.7 Å². The molecule has 1 aliphatic heterocycles. The Morgan fingerprint density at radius 3 is 2.96 bits per heavy atom. The molecule has 0 spiro atoms. The number of allylic oxidation sites excluding steroid dienone is 1. The number of aromatic nitrogens is 4. The van der Waals surface area contributed by atoms with Crippen molar-refractivity contribution >= 4 is 5.91 Å². The van der Waals surface area contributed by atoms with Crippen LogP contribution in [0.3, 0.4) is 0 Å². The lowest BCUT2D eigenvalue weighted by molar-refractivity contribution is -0.132. The molecule has 6 heteroatoms. The molecule has 0 saturated heterocycles. The molecule has 1 N–H and O–H groups in total. The zero-order chi connectivity index (χ0) is 17.3. The highest BCUT2D eigenvalue weighted by atomic mass is 16.2. The number of nitrogens with zero attached hydrogens (tertiary/aromatic N) is 4. The van der Waals surface area contributed by atoms with Gasteiger partial charge in [-0.2, -0.15) is 5.10 Å². The highest BCUT2D eigenvalue weighted by molar-refractivity contribution is 5.76. The number of nitrogens with one attached hydrogen (secondary N) is 1. The first-order chi connectivity index (χ1) is 11.5. The fourth-order valence-corrected chi connectivity index (χ4v) is 3.29. The molecule has 3 heterocycles. The normalized spacial score (nSPS) is 13.9. The molecule has 128 valence electrons. The molecule has 0 saturated carbocycles. The zero-order valence-electron chi connectivity index (χ0n) is 14.7. The first kappa shape index (κ1) is 16.5. The van der Waals surface area contributed by atoms with E-state index in [1.54, 1.807) is 6.33 Å². The van der Waals surface area contributed by atoms with Crippen molar-refractivity contribution in [3.05, 3.63) is 46.8 Å². The number of carbonyl (C=O) groups excluding carboxylic acids is 1. The van der Waals surface area contributed by atoms with Crippen LogP contribution >= 0.6 is 0 Å². The molecule has 0 unspecified atom stereocenters. The van der Waals surface area contributed by atoms with Gasteiger partial charge in [-0.3, -0.25) is 9.48 Å². The summed E-state index contributed by atoms with van der Waals surface area (Å²) in [5, 5.41) is 4.60. The minimum Gasteiger partial charge on any atom is -0.347 e. The number of H-pyrrole nitrogens is 1. The molecule has 0 radical (unpaired) electrons. The maximum absolute atomic E-state index is 12.5. The Kier molecular flexibility index (Phi) is 4.55. The second kappa shape index (κ2) is 6.63. The van der Waals surface area contributed by atoms with Crippen molar-refractivity contribution in [1.82, 2.24) is 24.6 Å². The summed E-state index contributed by atoms with van der Waals surface area (Å²) in [4.78, 5) is 21.8. The summed E-state index contributed by atoms with van der Waals surface area (Å²) in [5.74, 6) is 0.171. The Labute approximate surface area is 142 Å². The van der Waals surface area contributed by atoms with Crippen LogP contribution in [0.2, 0.25) is 0 Å². The van der Waals surface area contributed by atoms with Gasteiger partial charge in [-0.1, -0.05) is 12.2 Å². The van der Waals surface area contributed by atoms with Crippen LogP contribution in [0.4, 0.5) is 0 Å². The van der Waals surface area contributed by atoms with Crippen LogP contribution in [0.1, 0.15) is 41.7 Å². The Balaban J connectivity index is 1.62. The van der Waals surface area contributed by atoms with Gasteiger partial charge in [0.1, 0.15) is 0 Å². The number of carbonyl (C=O) groups is 1. The van der Waals surface area contributed by atoms with Crippen molar-refractivity contribution in [2.75, 3.05) is 6.54 Å². The number of hydrogen-bond acceptors (Lipinski definition) is 3. The van der Waals surface area contributed by atoms with Crippen molar-refractivity contribution in [3.8, 4) is 0 Å². The molecular formula is C18H25N5O. The molecule has 0 aromatic carbocycles. The minimum absolute atomic E-state index is 0.171. The average molecular weight is 327 g/mol. The molecule has 0 fully saturated rings. The van der Waals surface area contributed by atoms with Gasteiger partial charge in [-0.05, 0) is 32.8 Å². The molecule has 1 amide bonds. The molecule has 3 rings (SSSR count). The van der Waals surface area contributed by atoms with E-state index in [-0.39, 0.29) is 5.91 Å². The van der Waals surface area contributed by atoms with E-state index in [1.807, 2.05) is 23.4 Å².